The number of benzene rings is 2. The van der Waals surface area contributed by atoms with E-state index in [0.717, 1.165) is 21.5 Å². The van der Waals surface area contributed by atoms with Crippen LogP contribution in [0.3, 0.4) is 0 Å². The Labute approximate surface area is 190 Å². The summed E-state index contributed by atoms with van der Waals surface area (Å²) in [4.78, 5) is 8.69. The van der Waals surface area contributed by atoms with Crippen LogP contribution in [0.5, 0.6) is 5.75 Å². The van der Waals surface area contributed by atoms with Crippen LogP contribution in [-0.4, -0.2) is 31.1 Å². The van der Waals surface area contributed by atoms with Crippen molar-refractivity contribution in [2.45, 2.75) is 6.54 Å². The van der Waals surface area contributed by atoms with Crippen LogP contribution in [0.15, 0.2) is 74.7 Å². The van der Waals surface area contributed by atoms with Gasteiger partial charge in [0.05, 0.1) is 18.8 Å². The van der Waals surface area contributed by atoms with Gasteiger partial charge in [0.15, 0.2) is 5.96 Å². The highest BCUT2D eigenvalue weighted by molar-refractivity contribution is 14.0. The van der Waals surface area contributed by atoms with Crippen molar-refractivity contribution in [2.24, 2.45) is 4.99 Å². The highest BCUT2D eigenvalue weighted by Crippen LogP contribution is 2.18. The summed E-state index contributed by atoms with van der Waals surface area (Å²) in [6.45, 7) is 1.67. The standard InChI is InChI=1S/C20H21BrN4O2.HI/c1-22-20(23-10-11-26-18-9-5-8-16(21)12-18)24-13-17-14-27-19(25-17)15-6-3-2-4-7-15;/h2-9,12,14H,10-11,13H2,1H3,(H2,22,23,24);1H. The minimum atomic E-state index is 0. The summed E-state index contributed by atoms with van der Waals surface area (Å²) in [5, 5.41) is 6.42. The molecule has 0 aliphatic rings. The molecule has 0 aliphatic carbocycles. The van der Waals surface area contributed by atoms with Gasteiger partial charge in [0.2, 0.25) is 5.89 Å². The lowest BCUT2D eigenvalue weighted by Gasteiger charge is -2.11. The minimum absolute atomic E-state index is 0. The number of oxazole rings is 1. The molecule has 28 heavy (non-hydrogen) atoms. The van der Waals surface area contributed by atoms with Gasteiger partial charge in [-0.2, -0.15) is 0 Å². The van der Waals surface area contributed by atoms with Gasteiger partial charge in [-0.3, -0.25) is 4.99 Å². The summed E-state index contributed by atoms with van der Waals surface area (Å²) in [5.74, 6) is 2.11. The highest BCUT2D eigenvalue weighted by atomic mass is 127. The number of hydrogen-bond donors (Lipinski definition) is 2. The number of aliphatic imine (C=N–C) groups is 1. The molecule has 0 aliphatic heterocycles. The quantitative estimate of drug-likeness (QED) is 0.194. The number of guanidine groups is 1. The first-order valence-corrected chi connectivity index (χ1v) is 9.36. The molecule has 0 spiro atoms. The molecule has 1 heterocycles. The average molecular weight is 557 g/mol. The number of nitrogens with zero attached hydrogens (tertiary/aromatic N) is 2. The fourth-order valence-electron chi connectivity index (χ4n) is 2.39. The molecule has 2 N–H and O–H groups in total. The third kappa shape index (κ3) is 6.83. The lowest BCUT2D eigenvalue weighted by molar-refractivity contribution is 0.321. The number of nitrogens with one attached hydrogen (secondary N) is 2. The fraction of sp³-hybridized carbons (Fsp3) is 0.200. The van der Waals surface area contributed by atoms with Gasteiger partial charge in [-0.05, 0) is 30.3 Å². The maximum absolute atomic E-state index is 5.69. The smallest absolute Gasteiger partial charge is 0.226 e. The van der Waals surface area contributed by atoms with Crippen LogP contribution in [0, 0.1) is 0 Å². The van der Waals surface area contributed by atoms with E-state index in [9.17, 15) is 0 Å². The predicted molar refractivity (Wildman–Crippen MR) is 125 cm³/mol. The second-order valence-electron chi connectivity index (χ2n) is 5.67. The minimum Gasteiger partial charge on any atom is -0.492 e. The fourth-order valence-corrected chi connectivity index (χ4v) is 2.77. The first-order chi connectivity index (χ1) is 13.2. The van der Waals surface area contributed by atoms with Crippen LogP contribution in [0.25, 0.3) is 11.5 Å². The summed E-state index contributed by atoms with van der Waals surface area (Å²) in [7, 11) is 1.72. The second kappa shape index (κ2) is 11.7. The van der Waals surface area contributed by atoms with Crippen LogP contribution in [-0.2, 0) is 6.54 Å². The van der Waals surface area contributed by atoms with Crippen LogP contribution in [0.2, 0.25) is 0 Å². The second-order valence-corrected chi connectivity index (χ2v) is 6.58. The van der Waals surface area contributed by atoms with E-state index in [1.807, 2.05) is 54.6 Å². The Morgan fingerprint density at radius 1 is 1.14 bits per heavy atom. The number of hydrogen-bond acceptors (Lipinski definition) is 4. The molecule has 0 amide bonds. The Hall–Kier alpha value is -2.07. The van der Waals surface area contributed by atoms with Crippen molar-refractivity contribution in [1.82, 2.24) is 15.6 Å². The normalized spacial score (nSPS) is 10.9. The summed E-state index contributed by atoms with van der Waals surface area (Å²) >= 11 is 3.43. The van der Waals surface area contributed by atoms with E-state index in [1.165, 1.54) is 0 Å². The van der Waals surface area contributed by atoms with E-state index in [-0.39, 0.29) is 24.0 Å². The molecule has 148 valence electrons. The van der Waals surface area contributed by atoms with E-state index in [0.29, 0.717) is 31.5 Å². The molecule has 8 heteroatoms. The van der Waals surface area contributed by atoms with Crippen molar-refractivity contribution in [2.75, 3.05) is 20.2 Å². The van der Waals surface area contributed by atoms with Crippen molar-refractivity contribution >= 4 is 45.9 Å². The Morgan fingerprint density at radius 2 is 1.96 bits per heavy atom. The van der Waals surface area contributed by atoms with Crippen LogP contribution < -0.4 is 15.4 Å². The van der Waals surface area contributed by atoms with Crippen LogP contribution >= 0.6 is 39.9 Å². The van der Waals surface area contributed by atoms with Crippen molar-refractivity contribution in [3.05, 3.63) is 71.0 Å². The first kappa shape index (κ1) is 22.2. The zero-order chi connectivity index (χ0) is 18.9. The van der Waals surface area contributed by atoms with E-state index in [4.69, 9.17) is 9.15 Å². The van der Waals surface area contributed by atoms with Gasteiger partial charge in [0.1, 0.15) is 18.6 Å². The first-order valence-electron chi connectivity index (χ1n) is 8.57. The predicted octanol–water partition coefficient (Wildman–Crippen LogP) is 4.47. The van der Waals surface area contributed by atoms with Gasteiger partial charge in [0, 0.05) is 17.1 Å². The molecule has 0 saturated carbocycles. The average Bonchev–Trinajstić information content (AvgIpc) is 3.17. The largest absolute Gasteiger partial charge is 0.492 e. The zero-order valence-electron chi connectivity index (χ0n) is 15.4. The van der Waals surface area contributed by atoms with E-state index < -0.39 is 0 Å². The van der Waals surface area contributed by atoms with Crippen molar-refractivity contribution in [3.8, 4) is 17.2 Å². The van der Waals surface area contributed by atoms with Gasteiger partial charge in [-0.25, -0.2) is 4.98 Å². The van der Waals surface area contributed by atoms with E-state index >= 15 is 0 Å². The molecule has 0 fully saturated rings. The third-order valence-corrected chi connectivity index (χ3v) is 4.19. The maximum Gasteiger partial charge on any atom is 0.226 e. The molecular formula is C20H22BrIN4O2. The Balaban J connectivity index is 0.00000280. The molecule has 2 aromatic carbocycles. The number of rotatable bonds is 7. The van der Waals surface area contributed by atoms with Gasteiger partial charge in [0.25, 0.3) is 0 Å². The van der Waals surface area contributed by atoms with E-state index in [2.05, 4.69) is 36.5 Å². The molecule has 0 atom stereocenters. The molecule has 0 radical (unpaired) electrons. The number of aromatic nitrogens is 1. The van der Waals surface area contributed by atoms with Gasteiger partial charge in [-0.15, -0.1) is 24.0 Å². The third-order valence-electron chi connectivity index (χ3n) is 3.69. The Morgan fingerprint density at radius 3 is 2.71 bits per heavy atom. The summed E-state index contributed by atoms with van der Waals surface area (Å²) in [6.07, 6.45) is 1.65. The molecule has 3 rings (SSSR count). The monoisotopic (exact) mass is 556 g/mol. The van der Waals surface area contributed by atoms with Crippen LogP contribution in [0.1, 0.15) is 5.69 Å². The SMILES string of the molecule is CN=C(NCCOc1cccc(Br)c1)NCc1coc(-c2ccccc2)n1.I. The van der Waals surface area contributed by atoms with Crippen molar-refractivity contribution in [3.63, 3.8) is 0 Å². The molecular weight excluding hydrogens is 535 g/mol. The van der Waals surface area contributed by atoms with Crippen molar-refractivity contribution < 1.29 is 9.15 Å². The van der Waals surface area contributed by atoms with Gasteiger partial charge in [-0.1, -0.05) is 40.2 Å². The van der Waals surface area contributed by atoms with Crippen molar-refractivity contribution in [1.29, 1.82) is 0 Å². The molecule has 0 bridgehead atoms. The lowest BCUT2D eigenvalue weighted by atomic mass is 10.2. The molecule has 3 aromatic rings. The highest BCUT2D eigenvalue weighted by Gasteiger charge is 2.07. The number of halogens is 2. The summed E-state index contributed by atoms with van der Waals surface area (Å²) in [5.41, 5.74) is 1.76. The maximum atomic E-state index is 5.69. The zero-order valence-corrected chi connectivity index (χ0v) is 19.3. The molecule has 0 unspecified atom stereocenters. The molecule has 0 saturated heterocycles. The van der Waals surface area contributed by atoms with Gasteiger partial charge < -0.3 is 19.8 Å². The van der Waals surface area contributed by atoms with E-state index in [1.54, 1.807) is 13.3 Å². The number of ether oxygens (including phenoxy) is 1. The Kier molecular flexibility index (Phi) is 9.29. The lowest BCUT2D eigenvalue weighted by Crippen LogP contribution is -2.38. The van der Waals surface area contributed by atoms with Crippen LogP contribution in [0.4, 0.5) is 0 Å². The molecule has 6 nitrogen and oxygen atoms in total. The summed E-state index contributed by atoms with van der Waals surface area (Å²) < 4.78 is 12.2. The molecule has 1 aromatic heterocycles. The Bertz CT molecular complexity index is 887. The topological polar surface area (TPSA) is 71.7 Å². The van der Waals surface area contributed by atoms with Gasteiger partial charge >= 0.3 is 0 Å². The summed E-state index contributed by atoms with van der Waals surface area (Å²) in [6, 6.07) is 17.6.